The molecular weight excluding hydrogens is 257 g/mol. The fourth-order valence-electron chi connectivity index (χ4n) is 1.99. The second kappa shape index (κ2) is 4.52. The topological polar surface area (TPSA) is 25.2 Å². The maximum atomic E-state index is 6.09. The molecule has 2 nitrogen and oxygen atoms in total. The van der Waals surface area contributed by atoms with Gasteiger partial charge in [0.05, 0.1) is 11.3 Å². The third-order valence-electron chi connectivity index (χ3n) is 3.12. The summed E-state index contributed by atoms with van der Waals surface area (Å²) in [5.41, 5.74) is 1.88. The monoisotopic (exact) mass is 269 g/mol. The summed E-state index contributed by atoms with van der Waals surface area (Å²) >= 11 is 12.0. The van der Waals surface area contributed by atoms with Crippen molar-refractivity contribution in [2.24, 2.45) is 0 Å². The van der Waals surface area contributed by atoms with Crippen LogP contribution in [0, 0.1) is 0 Å². The van der Waals surface area contributed by atoms with E-state index in [4.69, 9.17) is 27.6 Å². The summed E-state index contributed by atoms with van der Waals surface area (Å²) in [4.78, 5) is 0. The molecule has 1 fully saturated rings. The maximum Gasteiger partial charge on any atom is 0.154 e. The molecule has 1 N–H and O–H groups in total. The molecule has 0 atom stereocenters. The van der Waals surface area contributed by atoms with Crippen LogP contribution < -0.4 is 5.32 Å². The lowest BCUT2D eigenvalue weighted by atomic mass is 10.1. The molecule has 1 heterocycles. The van der Waals surface area contributed by atoms with Gasteiger partial charge in [0.2, 0.25) is 0 Å². The van der Waals surface area contributed by atoms with Crippen LogP contribution >= 0.6 is 23.2 Å². The molecule has 1 aliphatic carbocycles. The Morgan fingerprint density at radius 2 is 2.12 bits per heavy atom. The molecule has 4 heteroatoms. The molecule has 90 valence electrons. The molecule has 0 saturated heterocycles. The SMILES string of the molecule is Clc1ccc2c(CCNC3CC3)coc2c1Cl. The first-order chi connectivity index (χ1) is 8.25. The van der Waals surface area contributed by atoms with Crippen LogP contribution in [0.4, 0.5) is 0 Å². The zero-order chi connectivity index (χ0) is 11.8. The van der Waals surface area contributed by atoms with Crippen LogP contribution in [0.1, 0.15) is 18.4 Å². The third-order valence-corrected chi connectivity index (χ3v) is 3.91. The zero-order valence-electron chi connectivity index (χ0n) is 9.30. The molecule has 0 amide bonds. The van der Waals surface area contributed by atoms with E-state index >= 15 is 0 Å². The van der Waals surface area contributed by atoms with E-state index in [9.17, 15) is 0 Å². The van der Waals surface area contributed by atoms with Crippen LogP contribution in [0.15, 0.2) is 22.8 Å². The average Bonchev–Trinajstić information content (AvgIpc) is 3.04. The summed E-state index contributed by atoms with van der Waals surface area (Å²) in [6.07, 6.45) is 5.37. The molecule has 2 aromatic rings. The van der Waals surface area contributed by atoms with E-state index < -0.39 is 0 Å². The molecule has 17 heavy (non-hydrogen) atoms. The van der Waals surface area contributed by atoms with E-state index in [0.717, 1.165) is 24.4 Å². The van der Waals surface area contributed by atoms with Crippen LogP contribution in [0.5, 0.6) is 0 Å². The van der Waals surface area contributed by atoms with Crippen molar-refractivity contribution >= 4 is 34.2 Å². The predicted octanol–water partition coefficient (Wildman–Crippen LogP) is 4.03. The minimum Gasteiger partial charge on any atom is -0.462 e. The third kappa shape index (κ3) is 2.30. The van der Waals surface area contributed by atoms with Gasteiger partial charge in [-0.3, -0.25) is 0 Å². The first-order valence-corrected chi connectivity index (χ1v) is 6.59. The fraction of sp³-hybridized carbons (Fsp3) is 0.385. The standard InChI is InChI=1S/C13H13Cl2NO/c14-11-4-3-10-8(5-6-16-9-1-2-9)7-17-13(10)12(11)15/h3-4,7,9,16H,1-2,5-6H2. The highest BCUT2D eigenvalue weighted by Crippen LogP contribution is 2.33. The molecule has 0 spiro atoms. The minimum atomic E-state index is 0.505. The Hall–Kier alpha value is -0.700. The first-order valence-electron chi connectivity index (χ1n) is 5.83. The van der Waals surface area contributed by atoms with Gasteiger partial charge in [0.25, 0.3) is 0 Å². The molecule has 1 aromatic carbocycles. The molecule has 0 radical (unpaired) electrons. The van der Waals surface area contributed by atoms with Crippen molar-refractivity contribution in [2.75, 3.05) is 6.54 Å². The minimum absolute atomic E-state index is 0.505. The van der Waals surface area contributed by atoms with Crippen molar-refractivity contribution in [3.8, 4) is 0 Å². The fourth-order valence-corrected chi connectivity index (χ4v) is 2.34. The number of benzene rings is 1. The van der Waals surface area contributed by atoms with Crippen LogP contribution in [0.2, 0.25) is 10.0 Å². The highest BCUT2D eigenvalue weighted by molar-refractivity contribution is 6.44. The Kier molecular flexibility index (Phi) is 3.03. The van der Waals surface area contributed by atoms with Gasteiger partial charge in [-0.05, 0) is 43.5 Å². The van der Waals surface area contributed by atoms with Crippen LogP contribution in [0.3, 0.4) is 0 Å². The Morgan fingerprint density at radius 3 is 2.88 bits per heavy atom. The van der Waals surface area contributed by atoms with Gasteiger partial charge in [-0.15, -0.1) is 0 Å². The van der Waals surface area contributed by atoms with Crippen LogP contribution in [0.25, 0.3) is 11.0 Å². The second-order valence-electron chi connectivity index (χ2n) is 4.48. The first kappa shape index (κ1) is 11.4. The van der Waals surface area contributed by atoms with Gasteiger partial charge < -0.3 is 9.73 Å². The normalized spacial score (nSPS) is 15.6. The van der Waals surface area contributed by atoms with Gasteiger partial charge in [-0.25, -0.2) is 0 Å². The Bertz CT molecular complexity index is 546. The quantitative estimate of drug-likeness (QED) is 0.907. The van der Waals surface area contributed by atoms with Crippen molar-refractivity contribution in [3.05, 3.63) is 34.0 Å². The van der Waals surface area contributed by atoms with Gasteiger partial charge in [0, 0.05) is 11.4 Å². The van der Waals surface area contributed by atoms with E-state index in [1.54, 1.807) is 6.26 Å². The lowest BCUT2D eigenvalue weighted by Gasteiger charge is -2.01. The van der Waals surface area contributed by atoms with Gasteiger partial charge in [-0.1, -0.05) is 23.2 Å². The van der Waals surface area contributed by atoms with Crippen molar-refractivity contribution in [2.45, 2.75) is 25.3 Å². The van der Waals surface area contributed by atoms with E-state index in [0.29, 0.717) is 15.6 Å². The van der Waals surface area contributed by atoms with Gasteiger partial charge >= 0.3 is 0 Å². The smallest absolute Gasteiger partial charge is 0.154 e. The molecule has 1 aliphatic rings. The zero-order valence-corrected chi connectivity index (χ0v) is 10.8. The Labute approximate surface area is 110 Å². The predicted molar refractivity (Wildman–Crippen MR) is 71.0 cm³/mol. The number of nitrogens with one attached hydrogen (secondary N) is 1. The summed E-state index contributed by atoms with van der Waals surface area (Å²) in [6, 6.07) is 4.53. The van der Waals surface area contributed by atoms with Crippen molar-refractivity contribution in [1.82, 2.24) is 5.32 Å². The summed E-state index contributed by atoms with van der Waals surface area (Å²) < 4.78 is 5.49. The number of hydrogen-bond donors (Lipinski definition) is 1. The van der Waals surface area contributed by atoms with Crippen LogP contribution in [-0.4, -0.2) is 12.6 Å². The van der Waals surface area contributed by atoms with E-state index in [-0.39, 0.29) is 0 Å². The van der Waals surface area contributed by atoms with Crippen LogP contribution in [-0.2, 0) is 6.42 Å². The molecule has 1 saturated carbocycles. The van der Waals surface area contributed by atoms with Gasteiger partial charge in [0.1, 0.15) is 5.02 Å². The lowest BCUT2D eigenvalue weighted by Crippen LogP contribution is -2.19. The summed E-state index contributed by atoms with van der Waals surface area (Å²) in [5, 5.41) is 5.59. The van der Waals surface area contributed by atoms with Crippen molar-refractivity contribution < 1.29 is 4.42 Å². The second-order valence-corrected chi connectivity index (χ2v) is 5.26. The van der Waals surface area contributed by atoms with Crippen molar-refractivity contribution in [1.29, 1.82) is 0 Å². The Balaban J connectivity index is 1.81. The molecule has 3 rings (SSSR count). The molecule has 0 aliphatic heterocycles. The largest absolute Gasteiger partial charge is 0.462 e. The summed E-state index contributed by atoms with van der Waals surface area (Å²) in [7, 11) is 0. The van der Waals surface area contributed by atoms with E-state index in [1.807, 2.05) is 12.1 Å². The highest BCUT2D eigenvalue weighted by atomic mass is 35.5. The molecular formula is C13H13Cl2NO. The summed E-state index contributed by atoms with van der Waals surface area (Å²) in [5.74, 6) is 0. The average molecular weight is 270 g/mol. The number of fused-ring (bicyclic) bond motifs is 1. The molecule has 0 unspecified atom stereocenters. The highest BCUT2D eigenvalue weighted by Gasteiger charge is 2.20. The van der Waals surface area contributed by atoms with Crippen molar-refractivity contribution in [3.63, 3.8) is 0 Å². The lowest BCUT2D eigenvalue weighted by molar-refractivity contribution is 0.606. The molecule has 0 bridgehead atoms. The molecule has 1 aromatic heterocycles. The van der Waals surface area contributed by atoms with Gasteiger partial charge in [-0.2, -0.15) is 0 Å². The number of rotatable bonds is 4. The summed E-state index contributed by atoms with van der Waals surface area (Å²) in [6.45, 7) is 0.986. The number of furan rings is 1. The van der Waals surface area contributed by atoms with E-state index in [1.165, 1.54) is 18.4 Å². The Morgan fingerprint density at radius 1 is 1.29 bits per heavy atom. The number of halogens is 2. The maximum absolute atomic E-state index is 6.09. The number of hydrogen-bond acceptors (Lipinski definition) is 2. The van der Waals surface area contributed by atoms with E-state index in [2.05, 4.69) is 5.32 Å². The van der Waals surface area contributed by atoms with Gasteiger partial charge in [0.15, 0.2) is 5.58 Å².